The molecule has 10 heteroatoms. The van der Waals surface area contributed by atoms with Gasteiger partial charge in [0.1, 0.15) is 0 Å². The molecule has 0 aliphatic carbocycles. The van der Waals surface area contributed by atoms with Gasteiger partial charge >= 0.3 is 11.9 Å². The lowest BCUT2D eigenvalue weighted by Crippen LogP contribution is -2.45. The van der Waals surface area contributed by atoms with E-state index >= 15 is 0 Å². The smallest absolute Gasteiger partial charge is 0.323 e. The number of hydrogen-bond donors (Lipinski definition) is 1. The Morgan fingerprint density at radius 2 is 1.43 bits per heavy atom. The third-order valence-electron chi connectivity index (χ3n) is 4.11. The molecular weight excluding hydrogens is 388 g/mol. The Hall–Kier alpha value is -2.98. The Morgan fingerprint density at radius 3 is 1.86 bits per heavy atom. The van der Waals surface area contributed by atoms with Crippen LogP contribution in [0.25, 0.3) is 0 Å². The summed E-state index contributed by atoms with van der Waals surface area (Å²) in [6, 6.07) is 9.06. The number of esters is 2. The van der Waals surface area contributed by atoms with Gasteiger partial charge in [-0.05, 0) is 48.2 Å². The van der Waals surface area contributed by atoms with Crippen molar-refractivity contribution in [3.8, 4) is 0 Å². The second-order valence-corrected chi connectivity index (χ2v) is 7.14. The Kier molecular flexibility index (Phi) is 6.71. The standard InChI is InChI=1S/C18H20N2O7S/c1-26-16(21)18(17(22)27-2,12-14-7-9-19-10-8-14)11-13-3-5-15(6-4-13)20-28(23,24)25/h3-10,20H,11-12H2,1-2H3,(H,23,24,25)/p-1. The number of pyridine rings is 1. The van der Waals surface area contributed by atoms with Crippen molar-refractivity contribution in [3.63, 3.8) is 0 Å². The maximum absolute atomic E-state index is 12.6. The SMILES string of the molecule is COC(=O)C(Cc1ccncc1)(Cc1ccc(NS(=O)(=O)[O-])cc1)C(=O)OC. The summed E-state index contributed by atoms with van der Waals surface area (Å²) in [6.45, 7) is 0. The molecule has 0 fully saturated rings. The Bertz CT molecular complexity index is 912. The van der Waals surface area contributed by atoms with Crippen LogP contribution in [0.2, 0.25) is 0 Å². The van der Waals surface area contributed by atoms with Crippen molar-refractivity contribution in [1.29, 1.82) is 0 Å². The molecule has 0 radical (unpaired) electrons. The molecule has 0 bridgehead atoms. The fourth-order valence-electron chi connectivity index (χ4n) is 2.86. The fraction of sp³-hybridized carbons (Fsp3) is 0.278. The average molecular weight is 407 g/mol. The number of aromatic nitrogens is 1. The second-order valence-electron chi connectivity index (χ2n) is 6.03. The minimum Gasteiger partial charge on any atom is -0.731 e. The van der Waals surface area contributed by atoms with E-state index in [4.69, 9.17) is 9.47 Å². The van der Waals surface area contributed by atoms with Crippen molar-refractivity contribution in [2.24, 2.45) is 5.41 Å². The number of ether oxygens (including phenoxy) is 2. The quantitative estimate of drug-likeness (QED) is 0.390. The highest BCUT2D eigenvalue weighted by molar-refractivity contribution is 7.87. The van der Waals surface area contributed by atoms with Crippen LogP contribution < -0.4 is 4.72 Å². The highest BCUT2D eigenvalue weighted by atomic mass is 32.2. The van der Waals surface area contributed by atoms with Crippen LogP contribution in [0.5, 0.6) is 0 Å². The van der Waals surface area contributed by atoms with Gasteiger partial charge in [0.2, 0.25) is 0 Å². The van der Waals surface area contributed by atoms with E-state index < -0.39 is 27.7 Å². The van der Waals surface area contributed by atoms with Gasteiger partial charge in [-0.25, -0.2) is 8.42 Å². The average Bonchev–Trinajstić information content (AvgIpc) is 2.67. The van der Waals surface area contributed by atoms with Gasteiger partial charge < -0.3 is 14.0 Å². The molecule has 1 aromatic carbocycles. The van der Waals surface area contributed by atoms with E-state index in [0.717, 1.165) is 0 Å². The molecule has 28 heavy (non-hydrogen) atoms. The second kappa shape index (κ2) is 8.81. The van der Waals surface area contributed by atoms with Gasteiger partial charge in [0, 0.05) is 18.1 Å². The first-order valence-electron chi connectivity index (χ1n) is 8.08. The molecule has 0 aliphatic heterocycles. The summed E-state index contributed by atoms with van der Waals surface area (Å²) in [7, 11) is -2.30. The van der Waals surface area contributed by atoms with Gasteiger partial charge in [-0.3, -0.25) is 19.3 Å². The third-order valence-corrected chi connectivity index (χ3v) is 4.60. The lowest BCUT2D eigenvalue weighted by atomic mass is 9.76. The topological polar surface area (TPSA) is 135 Å². The molecule has 0 aliphatic rings. The minimum atomic E-state index is -4.65. The van der Waals surface area contributed by atoms with E-state index in [9.17, 15) is 22.6 Å². The molecule has 0 saturated carbocycles. The van der Waals surface area contributed by atoms with E-state index in [0.29, 0.717) is 11.1 Å². The molecule has 1 N–H and O–H groups in total. The van der Waals surface area contributed by atoms with Gasteiger partial charge in [0.25, 0.3) is 0 Å². The molecule has 0 unspecified atom stereocenters. The maximum Gasteiger partial charge on any atom is 0.323 e. The van der Waals surface area contributed by atoms with Crippen molar-refractivity contribution in [1.82, 2.24) is 4.98 Å². The van der Waals surface area contributed by atoms with Crippen LogP contribution in [-0.4, -0.2) is 44.1 Å². The predicted molar refractivity (Wildman–Crippen MR) is 97.9 cm³/mol. The van der Waals surface area contributed by atoms with Crippen LogP contribution in [0.4, 0.5) is 5.69 Å². The van der Waals surface area contributed by atoms with Crippen molar-refractivity contribution < 1.29 is 32.0 Å². The van der Waals surface area contributed by atoms with Crippen LogP contribution in [0, 0.1) is 5.41 Å². The molecule has 1 heterocycles. The van der Waals surface area contributed by atoms with Crippen LogP contribution in [0.15, 0.2) is 48.8 Å². The molecule has 0 amide bonds. The lowest BCUT2D eigenvalue weighted by Gasteiger charge is -2.28. The van der Waals surface area contributed by atoms with E-state index in [1.54, 1.807) is 29.2 Å². The van der Waals surface area contributed by atoms with E-state index in [2.05, 4.69) is 4.98 Å². The molecule has 1 aromatic heterocycles. The van der Waals surface area contributed by atoms with Crippen LogP contribution in [0.3, 0.4) is 0 Å². The first kappa shape index (κ1) is 21.3. The van der Waals surface area contributed by atoms with Gasteiger partial charge in [-0.15, -0.1) is 0 Å². The van der Waals surface area contributed by atoms with Crippen LogP contribution in [0.1, 0.15) is 11.1 Å². The van der Waals surface area contributed by atoms with Crippen molar-refractivity contribution in [2.75, 3.05) is 18.9 Å². The molecule has 0 atom stereocenters. The highest BCUT2D eigenvalue weighted by Gasteiger charge is 2.48. The minimum absolute atomic E-state index is 0.0177. The Labute approximate surface area is 162 Å². The molecule has 150 valence electrons. The number of rotatable bonds is 8. The van der Waals surface area contributed by atoms with Crippen molar-refractivity contribution in [3.05, 3.63) is 59.9 Å². The number of carbonyl (C=O) groups excluding carboxylic acids is 2. The van der Waals surface area contributed by atoms with Crippen molar-refractivity contribution >= 4 is 27.9 Å². The van der Waals surface area contributed by atoms with Gasteiger partial charge in [0.15, 0.2) is 15.7 Å². The molecular formula is C18H19N2O7S-. The first-order chi connectivity index (χ1) is 13.2. The van der Waals surface area contributed by atoms with E-state index in [-0.39, 0.29) is 18.5 Å². The molecule has 0 saturated heterocycles. The Morgan fingerprint density at radius 1 is 0.964 bits per heavy atom. The highest BCUT2D eigenvalue weighted by Crippen LogP contribution is 2.32. The number of anilines is 1. The van der Waals surface area contributed by atoms with Crippen LogP contribution in [-0.2, 0) is 42.2 Å². The summed E-state index contributed by atoms with van der Waals surface area (Å²) >= 11 is 0. The van der Waals surface area contributed by atoms with Gasteiger partial charge in [-0.1, -0.05) is 12.1 Å². The van der Waals surface area contributed by atoms with E-state index in [1.165, 1.54) is 38.5 Å². The normalized spacial score (nSPS) is 11.5. The molecule has 2 rings (SSSR count). The largest absolute Gasteiger partial charge is 0.731 e. The van der Waals surface area contributed by atoms with Crippen LogP contribution >= 0.6 is 0 Å². The summed E-state index contributed by atoms with van der Waals surface area (Å²) in [5.74, 6) is -1.53. The maximum atomic E-state index is 12.6. The monoisotopic (exact) mass is 407 g/mol. The zero-order valence-corrected chi connectivity index (χ0v) is 16.1. The number of carbonyl (C=O) groups is 2. The summed E-state index contributed by atoms with van der Waals surface area (Å²) in [6.07, 6.45) is 3.04. The van der Waals surface area contributed by atoms with Gasteiger partial charge in [0.05, 0.1) is 14.2 Å². The summed E-state index contributed by atoms with van der Waals surface area (Å²) < 4.78 is 43.9. The predicted octanol–water partition coefficient (Wildman–Crippen LogP) is 1.07. The summed E-state index contributed by atoms with van der Waals surface area (Å²) in [5.41, 5.74) is -0.361. The van der Waals surface area contributed by atoms with Crippen molar-refractivity contribution in [2.45, 2.75) is 12.8 Å². The zero-order chi connectivity index (χ0) is 20.8. The molecule has 9 nitrogen and oxygen atoms in total. The number of hydrogen-bond acceptors (Lipinski definition) is 8. The van der Waals surface area contributed by atoms with Gasteiger partial charge in [-0.2, -0.15) is 0 Å². The van der Waals surface area contributed by atoms with E-state index in [1.807, 2.05) is 0 Å². The molecule has 2 aromatic rings. The molecule has 0 spiro atoms. The first-order valence-corrected chi connectivity index (χ1v) is 9.49. The third kappa shape index (κ3) is 5.27. The Balaban J connectivity index is 2.40. The zero-order valence-electron chi connectivity index (χ0n) is 15.2. The summed E-state index contributed by atoms with van der Waals surface area (Å²) in [4.78, 5) is 29.2. The number of benzene rings is 1. The lowest BCUT2D eigenvalue weighted by molar-refractivity contribution is -0.169. The number of nitrogens with zero attached hydrogens (tertiary/aromatic N) is 1. The summed E-state index contributed by atoms with van der Waals surface area (Å²) in [5, 5.41) is 0. The number of nitrogens with one attached hydrogen (secondary N) is 1. The number of methoxy groups -OCH3 is 2. The fourth-order valence-corrected chi connectivity index (χ4v) is 3.28.